The minimum absolute atomic E-state index is 0.0102. The Morgan fingerprint density at radius 1 is 1.53 bits per heavy atom. The fourth-order valence-electron chi connectivity index (χ4n) is 2.07. The van der Waals surface area contributed by atoms with E-state index < -0.39 is 0 Å². The summed E-state index contributed by atoms with van der Waals surface area (Å²) in [5.41, 5.74) is 0.961. The SMILES string of the molecule is OCC1COCCN1c1ncnc2ccsc12. The molecule has 2 aromatic heterocycles. The van der Waals surface area contributed by atoms with Crippen molar-refractivity contribution in [1.82, 2.24) is 9.97 Å². The Hall–Kier alpha value is -1.24. The van der Waals surface area contributed by atoms with Crippen molar-refractivity contribution in [2.75, 3.05) is 31.3 Å². The molecule has 1 fully saturated rings. The molecule has 0 aromatic carbocycles. The molecule has 1 saturated heterocycles. The van der Waals surface area contributed by atoms with Crippen molar-refractivity contribution >= 4 is 27.4 Å². The molecule has 3 rings (SSSR count). The quantitative estimate of drug-likeness (QED) is 0.859. The first-order chi connectivity index (χ1) is 8.40. The van der Waals surface area contributed by atoms with Crippen LogP contribution in [0.1, 0.15) is 0 Å². The van der Waals surface area contributed by atoms with E-state index in [-0.39, 0.29) is 12.6 Å². The van der Waals surface area contributed by atoms with Crippen LogP contribution < -0.4 is 4.90 Å². The van der Waals surface area contributed by atoms with E-state index in [0.717, 1.165) is 22.6 Å². The molecule has 1 N–H and O–H groups in total. The van der Waals surface area contributed by atoms with Crippen LogP contribution in [0.25, 0.3) is 10.2 Å². The van der Waals surface area contributed by atoms with Crippen LogP contribution in [-0.2, 0) is 4.74 Å². The van der Waals surface area contributed by atoms with E-state index in [4.69, 9.17) is 4.74 Å². The molecule has 0 amide bonds. The predicted octanol–water partition coefficient (Wildman–Crippen LogP) is 0.889. The van der Waals surface area contributed by atoms with Crippen molar-refractivity contribution in [3.63, 3.8) is 0 Å². The van der Waals surface area contributed by atoms with Gasteiger partial charge in [0.15, 0.2) is 5.82 Å². The van der Waals surface area contributed by atoms with Gasteiger partial charge < -0.3 is 14.7 Å². The first kappa shape index (κ1) is 10.9. The molecule has 1 aliphatic heterocycles. The van der Waals surface area contributed by atoms with Gasteiger partial charge in [0.1, 0.15) is 6.33 Å². The molecule has 5 nitrogen and oxygen atoms in total. The van der Waals surface area contributed by atoms with Gasteiger partial charge in [-0.2, -0.15) is 0 Å². The molecule has 2 aromatic rings. The topological polar surface area (TPSA) is 58.5 Å². The summed E-state index contributed by atoms with van der Waals surface area (Å²) in [6, 6.07) is 1.98. The molecule has 0 bridgehead atoms. The van der Waals surface area contributed by atoms with Gasteiger partial charge in [-0.15, -0.1) is 11.3 Å². The fraction of sp³-hybridized carbons (Fsp3) is 0.455. The minimum atomic E-state index is -0.0102. The summed E-state index contributed by atoms with van der Waals surface area (Å²) in [4.78, 5) is 10.7. The highest BCUT2D eigenvalue weighted by atomic mass is 32.1. The van der Waals surface area contributed by atoms with Crippen LogP contribution in [-0.4, -0.2) is 47.5 Å². The summed E-state index contributed by atoms with van der Waals surface area (Å²) in [6.07, 6.45) is 1.58. The monoisotopic (exact) mass is 251 g/mol. The van der Waals surface area contributed by atoms with Gasteiger partial charge in [-0.1, -0.05) is 0 Å². The Kier molecular flexibility index (Phi) is 2.92. The molecule has 0 saturated carbocycles. The Bertz CT molecular complexity index is 516. The van der Waals surface area contributed by atoms with E-state index in [1.54, 1.807) is 17.7 Å². The maximum absolute atomic E-state index is 9.38. The summed E-state index contributed by atoms with van der Waals surface area (Å²) in [5.74, 6) is 0.910. The van der Waals surface area contributed by atoms with Gasteiger partial charge in [-0.25, -0.2) is 9.97 Å². The van der Waals surface area contributed by atoms with Crippen LogP contribution in [0.5, 0.6) is 0 Å². The Morgan fingerprint density at radius 2 is 2.47 bits per heavy atom. The minimum Gasteiger partial charge on any atom is -0.394 e. The van der Waals surface area contributed by atoms with E-state index in [0.29, 0.717) is 13.2 Å². The number of fused-ring (bicyclic) bond motifs is 1. The first-order valence-electron chi connectivity index (χ1n) is 5.53. The van der Waals surface area contributed by atoms with E-state index in [1.165, 1.54) is 0 Å². The lowest BCUT2D eigenvalue weighted by atomic mass is 10.2. The van der Waals surface area contributed by atoms with Crippen molar-refractivity contribution in [3.05, 3.63) is 17.8 Å². The lowest BCUT2D eigenvalue weighted by molar-refractivity contribution is 0.0724. The highest BCUT2D eigenvalue weighted by Gasteiger charge is 2.25. The Morgan fingerprint density at radius 3 is 3.35 bits per heavy atom. The van der Waals surface area contributed by atoms with Gasteiger partial charge >= 0.3 is 0 Å². The second-order valence-corrected chi connectivity index (χ2v) is 4.85. The van der Waals surface area contributed by atoms with Crippen molar-refractivity contribution in [3.8, 4) is 0 Å². The van der Waals surface area contributed by atoms with E-state index in [9.17, 15) is 5.11 Å². The average molecular weight is 251 g/mol. The summed E-state index contributed by atoms with van der Waals surface area (Å²) in [6.45, 7) is 2.06. The number of anilines is 1. The van der Waals surface area contributed by atoms with Crippen LogP contribution in [0.4, 0.5) is 5.82 Å². The molecule has 6 heteroatoms. The lowest BCUT2D eigenvalue weighted by Gasteiger charge is -2.35. The van der Waals surface area contributed by atoms with E-state index >= 15 is 0 Å². The molecule has 0 radical (unpaired) electrons. The molecular formula is C11H13N3O2S. The molecular weight excluding hydrogens is 238 g/mol. The molecule has 90 valence electrons. The van der Waals surface area contributed by atoms with E-state index in [2.05, 4.69) is 14.9 Å². The number of ether oxygens (including phenoxy) is 1. The van der Waals surface area contributed by atoms with Crippen LogP contribution in [0, 0.1) is 0 Å². The zero-order chi connectivity index (χ0) is 11.7. The third-order valence-electron chi connectivity index (χ3n) is 2.93. The van der Waals surface area contributed by atoms with Gasteiger partial charge in [-0.05, 0) is 11.4 Å². The first-order valence-corrected chi connectivity index (χ1v) is 6.41. The van der Waals surface area contributed by atoms with Crippen molar-refractivity contribution in [2.24, 2.45) is 0 Å². The molecule has 1 unspecified atom stereocenters. The number of hydrogen-bond acceptors (Lipinski definition) is 6. The largest absolute Gasteiger partial charge is 0.394 e. The van der Waals surface area contributed by atoms with Gasteiger partial charge in [0, 0.05) is 6.54 Å². The zero-order valence-electron chi connectivity index (χ0n) is 9.24. The Balaban J connectivity index is 2.04. The normalized spacial score (nSPS) is 21.0. The summed E-state index contributed by atoms with van der Waals surface area (Å²) in [7, 11) is 0. The van der Waals surface area contributed by atoms with Crippen LogP contribution >= 0.6 is 11.3 Å². The molecule has 3 heterocycles. The fourth-order valence-corrected chi connectivity index (χ4v) is 2.92. The summed E-state index contributed by atoms with van der Waals surface area (Å²) < 4.78 is 6.45. The van der Waals surface area contributed by atoms with Crippen LogP contribution in [0.3, 0.4) is 0 Å². The van der Waals surface area contributed by atoms with Gasteiger partial charge in [-0.3, -0.25) is 0 Å². The number of nitrogens with zero attached hydrogens (tertiary/aromatic N) is 3. The molecule has 1 aliphatic rings. The third-order valence-corrected chi connectivity index (χ3v) is 3.83. The number of hydrogen-bond donors (Lipinski definition) is 1. The standard InChI is InChI=1S/C11H13N3O2S/c15-5-8-6-16-3-2-14(8)11-10-9(1-4-17-10)12-7-13-11/h1,4,7-8,15H,2-3,5-6H2. The van der Waals surface area contributed by atoms with Crippen LogP contribution in [0.15, 0.2) is 17.8 Å². The second-order valence-electron chi connectivity index (χ2n) is 3.94. The maximum Gasteiger partial charge on any atom is 0.150 e. The summed E-state index contributed by atoms with van der Waals surface area (Å²) >= 11 is 1.63. The number of rotatable bonds is 2. The second kappa shape index (κ2) is 4.56. The number of thiophene rings is 1. The molecule has 17 heavy (non-hydrogen) atoms. The number of aliphatic hydroxyl groups excluding tert-OH is 1. The Labute approximate surface area is 103 Å². The molecule has 0 aliphatic carbocycles. The highest BCUT2D eigenvalue weighted by Crippen LogP contribution is 2.29. The predicted molar refractivity (Wildman–Crippen MR) is 66.5 cm³/mol. The van der Waals surface area contributed by atoms with Gasteiger partial charge in [0.2, 0.25) is 0 Å². The lowest BCUT2D eigenvalue weighted by Crippen LogP contribution is -2.48. The van der Waals surface area contributed by atoms with Crippen molar-refractivity contribution < 1.29 is 9.84 Å². The maximum atomic E-state index is 9.38. The van der Waals surface area contributed by atoms with Crippen LogP contribution in [0.2, 0.25) is 0 Å². The smallest absolute Gasteiger partial charge is 0.150 e. The molecule has 0 spiro atoms. The zero-order valence-corrected chi connectivity index (χ0v) is 10.1. The number of aliphatic hydroxyl groups is 1. The van der Waals surface area contributed by atoms with Gasteiger partial charge in [0.25, 0.3) is 0 Å². The van der Waals surface area contributed by atoms with Crippen molar-refractivity contribution in [2.45, 2.75) is 6.04 Å². The van der Waals surface area contributed by atoms with Crippen molar-refractivity contribution in [1.29, 1.82) is 0 Å². The average Bonchev–Trinajstić information content (AvgIpc) is 2.86. The third kappa shape index (κ3) is 1.88. The summed E-state index contributed by atoms with van der Waals surface area (Å²) in [5, 5.41) is 11.4. The number of morpholine rings is 1. The number of aromatic nitrogens is 2. The molecule has 1 atom stereocenters. The van der Waals surface area contributed by atoms with Gasteiger partial charge in [0.05, 0.1) is 36.1 Å². The highest BCUT2D eigenvalue weighted by molar-refractivity contribution is 7.17. The van der Waals surface area contributed by atoms with E-state index in [1.807, 2.05) is 11.4 Å².